The number of rotatable bonds is 0. The first kappa shape index (κ1) is 8.19. The number of hydrogen-bond donors (Lipinski definition) is 0. The van der Waals surface area contributed by atoms with E-state index in [2.05, 4.69) is 0 Å². The monoisotopic (exact) mass is 190 g/mol. The lowest BCUT2D eigenvalue weighted by Gasteiger charge is -2.38. The zero-order chi connectivity index (χ0) is 9.23. The fourth-order valence-electron chi connectivity index (χ4n) is 6.44. The van der Waals surface area contributed by atoms with Gasteiger partial charge in [-0.2, -0.15) is 0 Å². The lowest BCUT2D eigenvalue weighted by Crippen LogP contribution is -2.31. The predicted molar refractivity (Wildman–Crippen MR) is 58.0 cm³/mol. The molecule has 0 amide bonds. The Hall–Kier alpha value is 0. The maximum absolute atomic E-state index is 1.65. The highest BCUT2D eigenvalue weighted by molar-refractivity contribution is 5.16. The molecule has 0 aromatic rings. The average Bonchev–Trinajstić information content (AvgIpc) is 2.73. The molecule has 2 atom stereocenters. The van der Waals surface area contributed by atoms with Crippen molar-refractivity contribution in [3.05, 3.63) is 0 Å². The Bertz CT molecular complexity index is 255. The molecule has 4 fully saturated rings. The van der Waals surface area contributed by atoms with Gasteiger partial charge in [-0.25, -0.2) is 0 Å². The Labute approximate surface area is 87.5 Å². The summed E-state index contributed by atoms with van der Waals surface area (Å²) in [5.41, 5.74) is 1.79. The maximum atomic E-state index is 1.65. The Morgan fingerprint density at radius 3 is 2.36 bits per heavy atom. The SMILES string of the molecule is C1CC2CC34CCCC3(CCC4)C2C1. The minimum Gasteiger partial charge on any atom is -0.0527 e. The molecular formula is C14H22. The molecule has 4 saturated carbocycles. The van der Waals surface area contributed by atoms with E-state index in [0.717, 1.165) is 10.8 Å². The largest absolute Gasteiger partial charge is 0.0527 e. The lowest BCUT2D eigenvalue weighted by molar-refractivity contribution is 0.103. The van der Waals surface area contributed by atoms with Gasteiger partial charge in [0.25, 0.3) is 0 Å². The zero-order valence-corrected chi connectivity index (χ0v) is 9.23. The van der Waals surface area contributed by atoms with Crippen molar-refractivity contribution in [1.82, 2.24) is 0 Å². The summed E-state index contributed by atoms with van der Waals surface area (Å²) in [6.45, 7) is 0. The number of fused-ring (bicyclic) bond motifs is 1. The van der Waals surface area contributed by atoms with Crippen molar-refractivity contribution < 1.29 is 0 Å². The third-order valence-corrected chi connectivity index (χ3v) is 6.63. The molecule has 0 heterocycles. The topological polar surface area (TPSA) is 0 Å². The van der Waals surface area contributed by atoms with E-state index >= 15 is 0 Å². The van der Waals surface area contributed by atoms with Gasteiger partial charge in [-0.05, 0) is 61.2 Å². The van der Waals surface area contributed by atoms with Crippen molar-refractivity contribution in [2.75, 3.05) is 0 Å². The van der Waals surface area contributed by atoms with Crippen molar-refractivity contribution >= 4 is 0 Å². The van der Waals surface area contributed by atoms with E-state index in [1.54, 1.807) is 64.2 Å². The van der Waals surface area contributed by atoms with Gasteiger partial charge in [0.1, 0.15) is 0 Å². The smallest absolute Gasteiger partial charge is 0.0210 e. The van der Waals surface area contributed by atoms with Gasteiger partial charge in [0, 0.05) is 0 Å². The van der Waals surface area contributed by atoms with E-state index in [4.69, 9.17) is 0 Å². The summed E-state index contributed by atoms with van der Waals surface area (Å²) in [4.78, 5) is 0. The highest BCUT2D eigenvalue weighted by atomic mass is 14.7. The molecule has 4 aliphatic carbocycles. The Morgan fingerprint density at radius 1 is 0.786 bits per heavy atom. The van der Waals surface area contributed by atoms with E-state index in [-0.39, 0.29) is 0 Å². The highest BCUT2D eigenvalue weighted by Gasteiger charge is 2.67. The fraction of sp³-hybridized carbons (Fsp3) is 1.00. The van der Waals surface area contributed by atoms with Crippen LogP contribution in [-0.2, 0) is 0 Å². The van der Waals surface area contributed by atoms with Gasteiger partial charge in [-0.1, -0.05) is 25.7 Å². The summed E-state index contributed by atoms with van der Waals surface area (Å²) in [7, 11) is 0. The summed E-state index contributed by atoms with van der Waals surface area (Å²) >= 11 is 0. The van der Waals surface area contributed by atoms with E-state index < -0.39 is 0 Å². The van der Waals surface area contributed by atoms with Crippen molar-refractivity contribution in [3.8, 4) is 0 Å². The minimum atomic E-state index is 0.892. The highest BCUT2D eigenvalue weighted by Crippen LogP contribution is 2.76. The summed E-state index contributed by atoms with van der Waals surface area (Å²) in [5, 5.41) is 0. The van der Waals surface area contributed by atoms with Crippen LogP contribution >= 0.6 is 0 Å². The van der Waals surface area contributed by atoms with Crippen molar-refractivity contribution in [3.63, 3.8) is 0 Å². The van der Waals surface area contributed by atoms with Crippen LogP contribution in [0.4, 0.5) is 0 Å². The molecule has 0 heteroatoms. The van der Waals surface area contributed by atoms with Crippen LogP contribution in [0.5, 0.6) is 0 Å². The van der Waals surface area contributed by atoms with Gasteiger partial charge in [0.15, 0.2) is 0 Å². The van der Waals surface area contributed by atoms with Crippen LogP contribution in [0.2, 0.25) is 0 Å². The second-order valence-electron chi connectivity index (χ2n) is 6.65. The van der Waals surface area contributed by atoms with Gasteiger partial charge in [-0.15, -0.1) is 0 Å². The second-order valence-corrected chi connectivity index (χ2v) is 6.65. The quantitative estimate of drug-likeness (QED) is 0.538. The molecule has 0 aliphatic heterocycles. The van der Waals surface area contributed by atoms with Crippen LogP contribution < -0.4 is 0 Å². The third-order valence-electron chi connectivity index (χ3n) is 6.63. The van der Waals surface area contributed by atoms with E-state index in [0.29, 0.717) is 0 Å². The van der Waals surface area contributed by atoms with Crippen LogP contribution in [0.15, 0.2) is 0 Å². The molecule has 0 N–H and O–H groups in total. The predicted octanol–water partition coefficient (Wildman–Crippen LogP) is 4.15. The van der Waals surface area contributed by atoms with E-state index in [1.165, 1.54) is 11.8 Å². The standard InChI is InChI=1S/C14H22/c1-4-11-10-13-6-2-8-14(13,9-3-7-13)12(11)5-1/h11-12H,1-10H2. The van der Waals surface area contributed by atoms with E-state index in [1.807, 2.05) is 0 Å². The van der Waals surface area contributed by atoms with Crippen LogP contribution in [0, 0.1) is 22.7 Å². The van der Waals surface area contributed by atoms with Gasteiger partial charge in [-0.3, -0.25) is 0 Å². The van der Waals surface area contributed by atoms with Crippen LogP contribution in [0.3, 0.4) is 0 Å². The average molecular weight is 190 g/mol. The molecule has 4 rings (SSSR count). The Kier molecular flexibility index (Phi) is 1.40. The normalized spacial score (nSPS) is 60.0. The van der Waals surface area contributed by atoms with Crippen LogP contribution in [-0.4, -0.2) is 0 Å². The van der Waals surface area contributed by atoms with Gasteiger partial charge in [0.2, 0.25) is 0 Å². The summed E-state index contributed by atoms with van der Waals surface area (Å²) in [5.74, 6) is 2.36. The molecule has 14 heavy (non-hydrogen) atoms. The summed E-state index contributed by atoms with van der Waals surface area (Å²) in [6.07, 6.45) is 16.0. The Morgan fingerprint density at radius 2 is 1.57 bits per heavy atom. The zero-order valence-electron chi connectivity index (χ0n) is 9.23. The maximum Gasteiger partial charge on any atom is -0.0210 e. The van der Waals surface area contributed by atoms with Gasteiger partial charge >= 0.3 is 0 Å². The summed E-state index contributed by atoms with van der Waals surface area (Å²) in [6, 6.07) is 0. The fourth-order valence-corrected chi connectivity index (χ4v) is 6.44. The number of hydrogen-bond acceptors (Lipinski definition) is 0. The minimum absolute atomic E-state index is 0.892. The molecule has 0 spiro atoms. The Balaban J connectivity index is 1.83. The molecule has 78 valence electrons. The van der Waals surface area contributed by atoms with Crippen molar-refractivity contribution in [2.24, 2.45) is 22.7 Å². The first-order valence-corrected chi connectivity index (χ1v) is 6.86. The van der Waals surface area contributed by atoms with Gasteiger partial charge < -0.3 is 0 Å². The molecule has 0 aromatic carbocycles. The second kappa shape index (κ2) is 2.39. The molecule has 2 unspecified atom stereocenters. The van der Waals surface area contributed by atoms with E-state index in [9.17, 15) is 0 Å². The molecule has 0 saturated heterocycles. The first-order chi connectivity index (χ1) is 6.86. The molecule has 4 aliphatic rings. The first-order valence-electron chi connectivity index (χ1n) is 6.86. The van der Waals surface area contributed by atoms with Crippen molar-refractivity contribution in [1.29, 1.82) is 0 Å². The molecule has 0 radical (unpaired) electrons. The molecule has 0 nitrogen and oxygen atoms in total. The lowest BCUT2D eigenvalue weighted by atomic mass is 9.66. The van der Waals surface area contributed by atoms with Crippen LogP contribution in [0.1, 0.15) is 64.2 Å². The molecule has 0 aromatic heterocycles. The molecule has 0 bridgehead atoms. The van der Waals surface area contributed by atoms with Crippen molar-refractivity contribution in [2.45, 2.75) is 64.2 Å². The third kappa shape index (κ3) is 0.686. The van der Waals surface area contributed by atoms with Gasteiger partial charge in [0.05, 0.1) is 0 Å². The molecular weight excluding hydrogens is 168 g/mol. The van der Waals surface area contributed by atoms with Crippen LogP contribution in [0.25, 0.3) is 0 Å². The summed E-state index contributed by atoms with van der Waals surface area (Å²) < 4.78 is 0.